The minimum absolute atomic E-state index is 0.0317. The Kier molecular flexibility index (Phi) is 11.0. The average molecular weight is 516 g/mol. The number of benzene rings is 2. The maximum atomic E-state index is 12.5. The molecular weight excluding hydrogens is 478 g/mol. The molecule has 1 aliphatic carbocycles. The lowest BCUT2D eigenvalue weighted by Crippen LogP contribution is -2.52. The second-order valence-corrected chi connectivity index (χ2v) is 11.2. The summed E-state index contributed by atoms with van der Waals surface area (Å²) in [6.07, 6.45) is 5.33. The number of thioether (sulfide) groups is 1. The predicted molar refractivity (Wildman–Crippen MR) is 147 cm³/mol. The van der Waals surface area contributed by atoms with Crippen LogP contribution in [0.2, 0.25) is 5.02 Å². The highest BCUT2D eigenvalue weighted by Crippen LogP contribution is 2.36. The summed E-state index contributed by atoms with van der Waals surface area (Å²) in [5.41, 5.74) is 2.61. The first kappa shape index (κ1) is 27.6. The first-order chi connectivity index (χ1) is 16.9. The van der Waals surface area contributed by atoms with Crippen LogP contribution >= 0.6 is 23.4 Å². The molecule has 1 fully saturated rings. The van der Waals surface area contributed by atoms with Crippen LogP contribution in [0.5, 0.6) is 0 Å². The van der Waals surface area contributed by atoms with Crippen molar-refractivity contribution in [1.82, 2.24) is 15.5 Å². The van der Waals surface area contributed by atoms with Crippen molar-refractivity contribution in [2.24, 2.45) is 0 Å². The third-order valence-corrected chi connectivity index (χ3v) is 8.18. The number of nitrogens with zero attached hydrogens (tertiary/aromatic N) is 1. The van der Waals surface area contributed by atoms with Gasteiger partial charge in [0, 0.05) is 47.5 Å². The van der Waals surface area contributed by atoms with Crippen LogP contribution in [0.3, 0.4) is 0 Å². The van der Waals surface area contributed by atoms with Gasteiger partial charge in [-0.05, 0) is 69.5 Å². The van der Waals surface area contributed by atoms with Gasteiger partial charge in [0.25, 0.3) is 0 Å². The maximum absolute atomic E-state index is 12.5. The molecule has 0 spiro atoms. The molecule has 0 unspecified atom stereocenters. The molecule has 2 aromatic rings. The summed E-state index contributed by atoms with van der Waals surface area (Å²) in [5, 5.41) is 6.85. The van der Waals surface area contributed by atoms with Gasteiger partial charge < -0.3 is 15.5 Å². The van der Waals surface area contributed by atoms with Crippen molar-refractivity contribution in [2.75, 3.05) is 26.4 Å². The molecule has 1 aliphatic rings. The van der Waals surface area contributed by atoms with Gasteiger partial charge in [0.15, 0.2) is 0 Å². The number of halogens is 1. The molecule has 35 heavy (non-hydrogen) atoms. The van der Waals surface area contributed by atoms with E-state index in [-0.39, 0.29) is 36.2 Å². The van der Waals surface area contributed by atoms with Crippen molar-refractivity contribution >= 4 is 35.2 Å². The molecule has 0 heterocycles. The quantitative estimate of drug-likeness (QED) is 0.387. The van der Waals surface area contributed by atoms with E-state index in [1.165, 1.54) is 11.1 Å². The lowest BCUT2D eigenvalue weighted by atomic mass is 9.75. The first-order valence-electron chi connectivity index (χ1n) is 12.5. The second-order valence-electron chi connectivity index (χ2n) is 9.66. The number of amides is 2. The Balaban J connectivity index is 1.32. The largest absolute Gasteiger partial charge is 0.355 e. The Bertz CT molecular complexity index is 946. The van der Waals surface area contributed by atoms with Gasteiger partial charge in [0.05, 0.1) is 0 Å². The molecule has 0 radical (unpaired) electrons. The van der Waals surface area contributed by atoms with E-state index in [0.717, 1.165) is 48.6 Å². The summed E-state index contributed by atoms with van der Waals surface area (Å²) in [6.45, 7) is 0.625. The van der Waals surface area contributed by atoms with E-state index in [4.69, 9.17) is 11.6 Å². The van der Waals surface area contributed by atoms with Crippen LogP contribution in [0.25, 0.3) is 0 Å². The summed E-state index contributed by atoms with van der Waals surface area (Å²) < 4.78 is 0. The Morgan fingerprint density at radius 1 is 1.00 bits per heavy atom. The zero-order valence-corrected chi connectivity index (χ0v) is 22.5. The highest BCUT2D eigenvalue weighted by molar-refractivity contribution is 7.98. The summed E-state index contributed by atoms with van der Waals surface area (Å²) in [4.78, 5) is 26.9. The molecular formula is C28H38ClN3O2S. The summed E-state index contributed by atoms with van der Waals surface area (Å²) in [5.74, 6) is 1.71. The molecule has 0 atom stereocenters. The van der Waals surface area contributed by atoms with Crippen molar-refractivity contribution < 1.29 is 9.59 Å². The van der Waals surface area contributed by atoms with E-state index >= 15 is 0 Å². The SMILES string of the molecule is CN(C)C1(Cc2cccc(Cl)c2)CCC(NC(=O)CCC(=O)NCCSCc2ccccc2)CC1. The molecule has 2 aromatic carbocycles. The molecule has 3 rings (SSSR count). The van der Waals surface area contributed by atoms with Gasteiger partial charge in [0.2, 0.25) is 11.8 Å². The number of hydrogen-bond donors (Lipinski definition) is 2. The molecule has 0 aliphatic heterocycles. The molecule has 0 aromatic heterocycles. The standard InChI is InChI=1S/C28H38ClN3O2S/c1-32(2)28(20-23-9-6-10-24(29)19-23)15-13-25(14-16-28)31-27(34)12-11-26(33)30-17-18-35-21-22-7-4-3-5-8-22/h3-10,19,25H,11-18,20-21H2,1-2H3,(H,30,33)(H,31,34). The van der Waals surface area contributed by atoms with Crippen LogP contribution in [-0.4, -0.2) is 54.7 Å². The van der Waals surface area contributed by atoms with E-state index < -0.39 is 0 Å². The van der Waals surface area contributed by atoms with Crippen molar-refractivity contribution in [3.63, 3.8) is 0 Å². The lowest BCUT2D eigenvalue weighted by molar-refractivity contribution is -0.127. The highest BCUT2D eigenvalue weighted by Gasteiger charge is 2.37. The Morgan fingerprint density at radius 3 is 2.37 bits per heavy atom. The van der Waals surface area contributed by atoms with Crippen molar-refractivity contribution in [3.05, 3.63) is 70.7 Å². The predicted octanol–water partition coefficient (Wildman–Crippen LogP) is 5.07. The van der Waals surface area contributed by atoms with Crippen LogP contribution in [-0.2, 0) is 21.8 Å². The number of likely N-dealkylation sites (N-methyl/N-ethyl adjacent to an activating group) is 1. The van der Waals surface area contributed by atoms with Crippen LogP contribution in [0.15, 0.2) is 54.6 Å². The van der Waals surface area contributed by atoms with Gasteiger partial charge in [-0.15, -0.1) is 0 Å². The van der Waals surface area contributed by atoms with Crippen molar-refractivity contribution in [1.29, 1.82) is 0 Å². The fraction of sp³-hybridized carbons (Fsp3) is 0.500. The van der Waals surface area contributed by atoms with Crippen LogP contribution in [0, 0.1) is 0 Å². The zero-order valence-electron chi connectivity index (χ0n) is 20.9. The van der Waals surface area contributed by atoms with Crippen molar-refractivity contribution in [3.8, 4) is 0 Å². The maximum Gasteiger partial charge on any atom is 0.220 e. The minimum Gasteiger partial charge on any atom is -0.355 e. The number of nitrogens with one attached hydrogen (secondary N) is 2. The first-order valence-corrected chi connectivity index (χ1v) is 14.0. The lowest BCUT2D eigenvalue weighted by Gasteiger charge is -2.45. The Hall–Kier alpha value is -2.02. The summed E-state index contributed by atoms with van der Waals surface area (Å²) in [6, 6.07) is 18.6. The second kappa shape index (κ2) is 13.9. The molecule has 2 amide bonds. The molecule has 1 saturated carbocycles. The molecule has 2 N–H and O–H groups in total. The molecule has 0 bridgehead atoms. The molecule has 190 valence electrons. The van der Waals surface area contributed by atoms with Gasteiger partial charge in [-0.2, -0.15) is 11.8 Å². The van der Waals surface area contributed by atoms with E-state index in [0.29, 0.717) is 6.54 Å². The number of carbonyl (C=O) groups excluding carboxylic acids is 2. The molecule has 0 saturated heterocycles. The molecule has 5 nitrogen and oxygen atoms in total. The topological polar surface area (TPSA) is 61.4 Å². The number of hydrogen-bond acceptors (Lipinski definition) is 4. The van der Waals surface area contributed by atoms with E-state index in [1.807, 2.05) is 36.4 Å². The Labute approximate surface area is 219 Å². The van der Waals surface area contributed by atoms with Crippen LogP contribution in [0.1, 0.15) is 49.7 Å². The van der Waals surface area contributed by atoms with Crippen LogP contribution < -0.4 is 10.6 Å². The highest BCUT2D eigenvalue weighted by atomic mass is 35.5. The third kappa shape index (κ3) is 9.17. The number of rotatable bonds is 12. The zero-order chi connectivity index (χ0) is 25.1. The average Bonchev–Trinajstić information content (AvgIpc) is 2.84. The monoisotopic (exact) mass is 515 g/mol. The van der Waals surface area contributed by atoms with Crippen LogP contribution in [0.4, 0.5) is 0 Å². The normalized spacial score (nSPS) is 19.9. The van der Waals surface area contributed by atoms with Crippen molar-refractivity contribution in [2.45, 2.75) is 62.3 Å². The van der Waals surface area contributed by atoms with Gasteiger partial charge in [-0.25, -0.2) is 0 Å². The summed E-state index contributed by atoms with van der Waals surface area (Å²) >= 11 is 7.99. The van der Waals surface area contributed by atoms with Gasteiger partial charge >= 0.3 is 0 Å². The Morgan fingerprint density at radius 2 is 1.69 bits per heavy atom. The number of carbonyl (C=O) groups is 2. The fourth-order valence-electron chi connectivity index (χ4n) is 4.75. The van der Waals surface area contributed by atoms with E-state index in [1.54, 1.807) is 11.8 Å². The minimum atomic E-state index is -0.0581. The smallest absolute Gasteiger partial charge is 0.220 e. The van der Waals surface area contributed by atoms with Gasteiger partial charge in [0.1, 0.15) is 0 Å². The molecule has 7 heteroatoms. The van der Waals surface area contributed by atoms with Gasteiger partial charge in [-0.3, -0.25) is 9.59 Å². The van der Waals surface area contributed by atoms with Gasteiger partial charge in [-0.1, -0.05) is 54.1 Å². The van der Waals surface area contributed by atoms with E-state index in [9.17, 15) is 9.59 Å². The fourth-order valence-corrected chi connectivity index (χ4v) is 5.78. The third-order valence-electron chi connectivity index (χ3n) is 6.91. The summed E-state index contributed by atoms with van der Waals surface area (Å²) in [7, 11) is 4.28. The van der Waals surface area contributed by atoms with E-state index in [2.05, 4.69) is 47.8 Å².